The number of anilines is 1. The van der Waals surface area contributed by atoms with Crippen LogP contribution in [0.3, 0.4) is 0 Å². The topological polar surface area (TPSA) is 68.2 Å². The molecule has 0 spiro atoms. The zero-order valence-corrected chi connectivity index (χ0v) is 12.3. The van der Waals surface area contributed by atoms with E-state index in [1.165, 1.54) is 19.3 Å². The molecular formula is C15H22N4O2. The Morgan fingerprint density at radius 3 is 2.86 bits per heavy atom. The number of nitrogens with one attached hydrogen (secondary N) is 2. The average Bonchev–Trinajstić information content (AvgIpc) is 3.04. The summed E-state index contributed by atoms with van der Waals surface area (Å²) in [6, 6.07) is 2.00. The van der Waals surface area contributed by atoms with E-state index in [0.29, 0.717) is 12.0 Å². The van der Waals surface area contributed by atoms with Crippen molar-refractivity contribution in [1.29, 1.82) is 0 Å². The molecule has 114 valence electrons. The highest BCUT2D eigenvalue weighted by Gasteiger charge is 2.41. The standard InChI is InChI=1S/C15H22N4O2/c1-19-14(8-11(18-19)9-3-2-4-9)17-15(20)16-12-7-10-5-6-13(12)21-10/h8-10,12-13H,2-7H2,1H3,(H2,16,17,20)/t10-,12+,13-/m1/s1. The molecule has 1 aliphatic carbocycles. The zero-order valence-electron chi connectivity index (χ0n) is 12.3. The molecule has 0 aromatic carbocycles. The quantitative estimate of drug-likeness (QED) is 0.896. The first-order chi connectivity index (χ1) is 10.2. The molecule has 3 aliphatic rings. The molecule has 2 saturated heterocycles. The van der Waals surface area contributed by atoms with Gasteiger partial charge in [-0.15, -0.1) is 0 Å². The van der Waals surface area contributed by atoms with Crippen LogP contribution in [0.1, 0.15) is 50.1 Å². The fourth-order valence-electron chi connectivity index (χ4n) is 3.62. The summed E-state index contributed by atoms with van der Waals surface area (Å²) in [7, 11) is 1.87. The number of fused-ring (bicyclic) bond motifs is 2. The minimum Gasteiger partial charge on any atom is -0.373 e. The minimum atomic E-state index is -0.153. The number of aryl methyl sites for hydroxylation is 1. The maximum Gasteiger partial charge on any atom is 0.320 e. The summed E-state index contributed by atoms with van der Waals surface area (Å²) in [5.74, 6) is 1.34. The number of urea groups is 1. The van der Waals surface area contributed by atoms with E-state index in [2.05, 4.69) is 15.7 Å². The summed E-state index contributed by atoms with van der Waals surface area (Å²) in [6.07, 6.45) is 7.41. The Kier molecular flexibility index (Phi) is 3.14. The number of amides is 2. The largest absolute Gasteiger partial charge is 0.373 e. The van der Waals surface area contributed by atoms with Gasteiger partial charge in [-0.05, 0) is 32.1 Å². The van der Waals surface area contributed by atoms with E-state index >= 15 is 0 Å². The highest BCUT2D eigenvalue weighted by Crippen LogP contribution is 2.36. The van der Waals surface area contributed by atoms with Crippen molar-refractivity contribution in [2.24, 2.45) is 7.05 Å². The summed E-state index contributed by atoms with van der Waals surface area (Å²) in [5, 5.41) is 10.5. The number of ether oxygens (including phenoxy) is 1. The second kappa shape index (κ2) is 5.02. The van der Waals surface area contributed by atoms with Crippen molar-refractivity contribution in [3.8, 4) is 0 Å². The van der Waals surface area contributed by atoms with Crippen LogP contribution >= 0.6 is 0 Å². The molecule has 2 bridgehead atoms. The molecule has 3 fully saturated rings. The van der Waals surface area contributed by atoms with Gasteiger partial charge in [-0.25, -0.2) is 4.79 Å². The second-order valence-corrected chi connectivity index (χ2v) is 6.52. The first-order valence-electron chi connectivity index (χ1n) is 7.96. The second-order valence-electron chi connectivity index (χ2n) is 6.52. The molecule has 2 N–H and O–H groups in total. The monoisotopic (exact) mass is 290 g/mol. The van der Waals surface area contributed by atoms with Gasteiger partial charge in [0.25, 0.3) is 0 Å². The first-order valence-corrected chi connectivity index (χ1v) is 7.96. The Hall–Kier alpha value is -1.56. The lowest BCUT2D eigenvalue weighted by atomic mass is 9.83. The summed E-state index contributed by atoms with van der Waals surface area (Å²) >= 11 is 0. The summed E-state index contributed by atoms with van der Waals surface area (Å²) < 4.78 is 7.51. The summed E-state index contributed by atoms with van der Waals surface area (Å²) in [4.78, 5) is 12.1. The number of rotatable bonds is 3. The molecule has 6 nitrogen and oxygen atoms in total. The van der Waals surface area contributed by atoms with Crippen molar-refractivity contribution >= 4 is 11.8 Å². The van der Waals surface area contributed by atoms with Gasteiger partial charge in [-0.2, -0.15) is 5.10 Å². The van der Waals surface area contributed by atoms with Crippen LogP contribution in [0.4, 0.5) is 10.6 Å². The number of hydrogen-bond donors (Lipinski definition) is 2. The maximum atomic E-state index is 12.1. The van der Waals surface area contributed by atoms with Gasteiger partial charge in [0.15, 0.2) is 0 Å². The van der Waals surface area contributed by atoms with E-state index in [1.54, 1.807) is 4.68 Å². The number of carbonyl (C=O) groups excluding carboxylic acids is 1. The molecule has 0 radical (unpaired) electrons. The van der Waals surface area contributed by atoms with Crippen molar-refractivity contribution in [1.82, 2.24) is 15.1 Å². The molecule has 21 heavy (non-hydrogen) atoms. The van der Waals surface area contributed by atoms with Gasteiger partial charge >= 0.3 is 6.03 Å². The highest BCUT2D eigenvalue weighted by atomic mass is 16.5. The molecule has 3 heterocycles. The van der Waals surface area contributed by atoms with Crippen LogP contribution in [-0.4, -0.2) is 34.1 Å². The lowest BCUT2D eigenvalue weighted by molar-refractivity contribution is 0.0984. The number of aromatic nitrogens is 2. The lowest BCUT2D eigenvalue weighted by Crippen LogP contribution is -2.43. The Balaban J connectivity index is 1.36. The predicted octanol–water partition coefficient (Wildman–Crippen LogP) is 2.13. The predicted molar refractivity (Wildman–Crippen MR) is 78.3 cm³/mol. The SMILES string of the molecule is Cn1nc(C2CCC2)cc1NC(=O)N[C@H]1C[C@H]2CC[C@H]1O2. The Morgan fingerprint density at radius 2 is 2.24 bits per heavy atom. The van der Waals surface area contributed by atoms with Crippen LogP contribution < -0.4 is 10.6 Å². The van der Waals surface area contributed by atoms with E-state index in [-0.39, 0.29) is 18.2 Å². The fourth-order valence-corrected chi connectivity index (χ4v) is 3.62. The van der Waals surface area contributed by atoms with Crippen LogP contribution in [0.15, 0.2) is 6.07 Å². The van der Waals surface area contributed by atoms with Crippen LogP contribution in [-0.2, 0) is 11.8 Å². The van der Waals surface area contributed by atoms with Crippen molar-refractivity contribution in [3.63, 3.8) is 0 Å². The molecule has 6 heteroatoms. The molecule has 1 aromatic heterocycles. The van der Waals surface area contributed by atoms with E-state index in [0.717, 1.165) is 30.8 Å². The molecule has 3 atom stereocenters. The molecule has 4 rings (SSSR count). The van der Waals surface area contributed by atoms with Crippen LogP contribution in [0.25, 0.3) is 0 Å². The molecule has 2 aliphatic heterocycles. The van der Waals surface area contributed by atoms with Gasteiger partial charge in [-0.1, -0.05) is 6.42 Å². The fraction of sp³-hybridized carbons (Fsp3) is 0.733. The summed E-state index contributed by atoms with van der Waals surface area (Å²) in [5.41, 5.74) is 1.10. The first kappa shape index (κ1) is 13.1. The average molecular weight is 290 g/mol. The Labute approximate surface area is 124 Å². The number of hydrogen-bond acceptors (Lipinski definition) is 3. The maximum absolute atomic E-state index is 12.1. The van der Waals surface area contributed by atoms with Gasteiger partial charge in [-0.3, -0.25) is 10.00 Å². The highest BCUT2D eigenvalue weighted by molar-refractivity contribution is 5.88. The lowest BCUT2D eigenvalue weighted by Gasteiger charge is -2.22. The van der Waals surface area contributed by atoms with Crippen molar-refractivity contribution < 1.29 is 9.53 Å². The zero-order chi connectivity index (χ0) is 14.4. The normalized spacial score (nSPS) is 31.2. The van der Waals surface area contributed by atoms with Crippen molar-refractivity contribution in [3.05, 3.63) is 11.8 Å². The molecule has 2 amide bonds. The van der Waals surface area contributed by atoms with Crippen LogP contribution in [0.2, 0.25) is 0 Å². The molecule has 1 saturated carbocycles. The van der Waals surface area contributed by atoms with E-state index in [4.69, 9.17) is 4.74 Å². The Morgan fingerprint density at radius 1 is 1.38 bits per heavy atom. The third-order valence-corrected chi connectivity index (χ3v) is 5.09. The van der Waals surface area contributed by atoms with Gasteiger partial charge < -0.3 is 10.1 Å². The number of nitrogens with zero attached hydrogens (tertiary/aromatic N) is 2. The minimum absolute atomic E-state index is 0.153. The third-order valence-electron chi connectivity index (χ3n) is 5.09. The van der Waals surface area contributed by atoms with Gasteiger partial charge in [0.2, 0.25) is 0 Å². The molecule has 1 aromatic rings. The van der Waals surface area contributed by atoms with Crippen LogP contribution in [0.5, 0.6) is 0 Å². The van der Waals surface area contributed by atoms with Crippen molar-refractivity contribution in [2.75, 3.05) is 5.32 Å². The van der Waals surface area contributed by atoms with Gasteiger partial charge in [0, 0.05) is 19.0 Å². The van der Waals surface area contributed by atoms with Gasteiger partial charge in [0.1, 0.15) is 5.82 Å². The van der Waals surface area contributed by atoms with E-state index in [1.807, 2.05) is 13.1 Å². The van der Waals surface area contributed by atoms with E-state index in [9.17, 15) is 4.79 Å². The third kappa shape index (κ3) is 2.41. The smallest absolute Gasteiger partial charge is 0.320 e. The van der Waals surface area contributed by atoms with Gasteiger partial charge in [0.05, 0.1) is 23.9 Å². The molecule has 0 unspecified atom stereocenters. The van der Waals surface area contributed by atoms with E-state index < -0.39 is 0 Å². The van der Waals surface area contributed by atoms with Crippen molar-refractivity contribution in [2.45, 2.75) is 62.7 Å². The Bertz CT molecular complexity index is 552. The molecular weight excluding hydrogens is 268 g/mol. The van der Waals surface area contributed by atoms with Crippen LogP contribution in [0, 0.1) is 0 Å². The summed E-state index contributed by atoms with van der Waals surface area (Å²) in [6.45, 7) is 0. The number of carbonyl (C=O) groups is 1.